The largest absolute Gasteiger partial charge is 0.323 e. The highest BCUT2D eigenvalue weighted by Crippen LogP contribution is 2.32. The van der Waals surface area contributed by atoms with Crippen molar-refractivity contribution < 1.29 is 4.79 Å². The molecule has 0 spiro atoms. The van der Waals surface area contributed by atoms with Gasteiger partial charge in [0.25, 0.3) is 0 Å². The van der Waals surface area contributed by atoms with Crippen LogP contribution in [0.2, 0.25) is 0 Å². The lowest BCUT2D eigenvalue weighted by molar-refractivity contribution is 0.178. The van der Waals surface area contributed by atoms with Crippen molar-refractivity contribution >= 4 is 22.8 Å². The van der Waals surface area contributed by atoms with Gasteiger partial charge in [-0.25, -0.2) is 9.78 Å². The highest BCUT2D eigenvalue weighted by atomic mass is 16.2. The molecule has 2 fully saturated rings. The minimum atomic E-state index is -0.0371. The number of nitrogens with zero attached hydrogens (tertiary/aromatic N) is 5. The van der Waals surface area contributed by atoms with Crippen molar-refractivity contribution in [3.8, 4) is 0 Å². The molecule has 1 aromatic carbocycles. The van der Waals surface area contributed by atoms with Crippen LogP contribution in [0.15, 0.2) is 42.6 Å². The summed E-state index contributed by atoms with van der Waals surface area (Å²) in [6.07, 6.45) is 5.13. The number of carbonyl (C=O) groups excluding carboxylic acids is 1. The number of aryl methyl sites for hydroxylation is 2. The second kappa shape index (κ2) is 7.72. The van der Waals surface area contributed by atoms with E-state index >= 15 is 0 Å². The molecule has 0 saturated carbocycles. The first kappa shape index (κ1) is 19.1. The predicted octanol–water partition coefficient (Wildman–Crippen LogP) is 3.55. The third kappa shape index (κ3) is 3.54. The Bertz CT molecular complexity index is 1060. The van der Waals surface area contributed by atoms with Crippen molar-refractivity contribution in [1.82, 2.24) is 24.6 Å². The fraction of sp³-hybridized carbons (Fsp3) is 0.435. The number of pyridine rings is 1. The molecule has 7 heteroatoms. The Balaban J connectivity index is 1.28. The molecule has 1 N–H and O–H groups in total. The summed E-state index contributed by atoms with van der Waals surface area (Å²) >= 11 is 0. The van der Waals surface area contributed by atoms with Crippen molar-refractivity contribution in [1.29, 1.82) is 0 Å². The molecule has 2 bridgehead atoms. The zero-order valence-electron chi connectivity index (χ0n) is 17.6. The Kier molecular flexibility index (Phi) is 4.90. The van der Waals surface area contributed by atoms with Crippen LogP contribution in [0.4, 0.5) is 10.5 Å². The van der Waals surface area contributed by atoms with Crippen molar-refractivity contribution in [3.05, 3.63) is 53.9 Å². The summed E-state index contributed by atoms with van der Waals surface area (Å²) in [5, 5.41) is 8.44. The first-order chi connectivity index (χ1) is 14.6. The Morgan fingerprint density at radius 1 is 1.17 bits per heavy atom. The molecule has 2 atom stereocenters. The molecule has 0 radical (unpaired) electrons. The lowest BCUT2D eigenvalue weighted by Crippen LogP contribution is -2.42. The van der Waals surface area contributed by atoms with E-state index in [-0.39, 0.29) is 6.03 Å². The van der Waals surface area contributed by atoms with E-state index in [0.717, 1.165) is 54.9 Å². The minimum Gasteiger partial charge on any atom is -0.323 e. The van der Waals surface area contributed by atoms with Crippen LogP contribution >= 0.6 is 0 Å². The van der Waals surface area contributed by atoms with Gasteiger partial charge in [-0.15, -0.1) is 0 Å². The third-order valence-corrected chi connectivity index (χ3v) is 6.54. The standard InChI is InChI=1S/C23H28N6O/c1-16-21-12-18(13-24-22(21)27(2)26-16)25-23(30)28-11-10-19-8-9-20(15-28)29(19)14-17-6-4-3-5-7-17/h3-7,12-13,19-20H,8-11,14-15H2,1-2H3,(H,25,30). The average molecular weight is 405 g/mol. The molecule has 3 aromatic rings. The van der Waals surface area contributed by atoms with Crippen molar-refractivity contribution in [2.24, 2.45) is 7.05 Å². The summed E-state index contributed by atoms with van der Waals surface area (Å²) < 4.78 is 1.77. The summed E-state index contributed by atoms with van der Waals surface area (Å²) in [5.41, 5.74) is 3.81. The van der Waals surface area contributed by atoms with E-state index in [1.165, 1.54) is 12.0 Å². The Morgan fingerprint density at radius 3 is 2.80 bits per heavy atom. The molecule has 2 unspecified atom stereocenters. The molecule has 2 aliphatic heterocycles. The fourth-order valence-corrected chi connectivity index (χ4v) is 4.99. The number of amides is 2. The number of hydrogen-bond acceptors (Lipinski definition) is 4. The van der Waals surface area contributed by atoms with E-state index in [4.69, 9.17) is 0 Å². The second-order valence-electron chi connectivity index (χ2n) is 8.51. The van der Waals surface area contributed by atoms with Gasteiger partial charge in [-0.1, -0.05) is 30.3 Å². The topological polar surface area (TPSA) is 66.3 Å². The minimum absolute atomic E-state index is 0.0371. The van der Waals surface area contributed by atoms with Crippen LogP contribution in [0.5, 0.6) is 0 Å². The number of aromatic nitrogens is 3. The van der Waals surface area contributed by atoms with Crippen LogP contribution in [0.3, 0.4) is 0 Å². The van der Waals surface area contributed by atoms with Gasteiger partial charge < -0.3 is 10.2 Å². The lowest BCUT2D eigenvalue weighted by Gasteiger charge is -2.29. The molecular formula is C23H28N6O. The smallest absolute Gasteiger partial charge is 0.321 e. The first-order valence-corrected chi connectivity index (χ1v) is 10.7. The fourth-order valence-electron chi connectivity index (χ4n) is 4.99. The summed E-state index contributed by atoms with van der Waals surface area (Å²) in [4.78, 5) is 22.1. The van der Waals surface area contributed by atoms with Crippen LogP contribution in [0.25, 0.3) is 11.0 Å². The molecule has 5 rings (SSSR count). The van der Waals surface area contributed by atoms with Crippen molar-refractivity contribution in [2.75, 3.05) is 18.4 Å². The van der Waals surface area contributed by atoms with Gasteiger partial charge in [0.1, 0.15) is 0 Å². The van der Waals surface area contributed by atoms with Gasteiger partial charge in [-0.3, -0.25) is 9.58 Å². The van der Waals surface area contributed by atoms with Crippen LogP contribution < -0.4 is 5.32 Å². The van der Waals surface area contributed by atoms with Gasteiger partial charge in [0.2, 0.25) is 0 Å². The summed E-state index contributed by atoms with van der Waals surface area (Å²) in [7, 11) is 1.88. The molecule has 0 aliphatic carbocycles. The van der Waals surface area contributed by atoms with Gasteiger partial charge in [-0.2, -0.15) is 5.10 Å². The maximum atomic E-state index is 13.0. The Morgan fingerprint density at radius 2 is 1.97 bits per heavy atom. The summed E-state index contributed by atoms with van der Waals surface area (Å²) in [6, 6.07) is 13.6. The molecule has 2 aromatic heterocycles. The van der Waals surface area contributed by atoms with Gasteiger partial charge >= 0.3 is 6.03 Å². The average Bonchev–Trinajstić information content (AvgIpc) is 3.17. The molecule has 156 valence electrons. The molecule has 2 aliphatic rings. The third-order valence-electron chi connectivity index (χ3n) is 6.54. The van der Waals surface area contributed by atoms with E-state index in [0.29, 0.717) is 12.1 Å². The normalized spacial score (nSPS) is 21.7. The lowest BCUT2D eigenvalue weighted by atomic mass is 10.1. The van der Waals surface area contributed by atoms with E-state index in [1.54, 1.807) is 10.9 Å². The first-order valence-electron chi connectivity index (χ1n) is 10.7. The number of benzene rings is 1. The number of anilines is 1. The number of likely N-dealkylation sites (tertiary alicyclic amines) is 1. The van der Waals surface area contributed by atoms with Gasteiger partial charge in [-0.05, 0) is 37.8 Å². The SMILES string of the molecule is Cc1nn(C)c2ncc(NC(=O)N3CCC4CCC(C3)N4Cc3ccccc3)cc12. The zero-order chi connectivity index (χ0) is 20.7. The number of hydrogen-bond donors (Lipinski definition) is 1. The number of rotatable bonds is 3. The van der Waals surface area contributed by atoms with Gasteiger partial charge in [0.05, 0.1) is 17.6 Å². The highest BCUT2D eigenvalue weighted by Gasteiger charge is 2.38. The van der Waals surface area contributed by atoms with E-state index in [2.05, 4.69) is 50.6 Å². The molecule has 7 nitrogen and oxygen atoms in total. The predicted molar refractivity (Wildman–Crippen MR) is 117 cm³/mol. The quantitative estimate of drug-likeness (QED) is 0.725. The molecular weight excluding hydrogens is 376 g/mol. The van der Waals surface area contributed by atoms with E-state index in [9.17, 15) is 4.79 Å². The van der Waals surface area contributed by atoms with Crippen LogP contribution in [-0.4, -0.2) is 55.8 Å². The summed E-state index contributed by atoms with van der Waals surface area (Å²) in [5.74, 6) is 0. The molecule has 30 heavy (non-hydrogen) atoms. The maximum absolute atomic E-state index is 13.0. The number of carbonyl (C=O) groups is 1. The zero-order valence-corrected chi connectivity index (χ0v) is 17.6. The van der Waals surface area contributed by atoms with Gasteiger partial charge in [0.15, 0.2) is 5.65 Å². The Hall–Kier alpha value is -2.93. The molecule has 4 heterocycles. The monoisotopic (exact) mass is 404 g/mol. The van der Waals surface area contributed by atoms with Crippen LogP contribution in [0.1, 0.15) is 30.5 Å². The summed E-state index contributed by atoms with van der Waals surface area (Å²) in [6.45, 7) is 4.49. The van der Waals surface area contributed by atoms with E-state index < -0.39 is 0 Å². The van der Waals surface area contributed by atoms with E-state index in [1.807, 2.05) is 24.9 Å². The van der Waals surface area contributed by atoms with Crippen molar-refractivity contribution in [3.63, 3.8) is 0 Å². The number of urea groups is 1. The molecule has 2 saturated heterocycles. The Labute approximate surface area is 176 Å². The van der Waals surface area contributed by atoms with Crippen LogP contribution in [-0.2, 0) is 13.6 Å². The van der Waals surface area contributed by atoms with Crippen molar-refractivity contribution in [2.45, 2.75) is 44.8 Å². The van der Waals surface area contributed by atoms with Crippen LogP contribution in [0, 0.1) is 6.92 Å². The molecule has 2 amide bonds. The second-order valence-corrected chi connectivity index (χ2v) is 8.51. The van der Waals surface area contributed by atoms with Gasteiger partial charge in [0, 0.05) is 44.2 Å². The number of fused-ring (bicyclic) bond motifs is 3. The maximum Gasteiger partial charge on any atom is 0.321 e. The highest BCUT2D eigenvalue weighted by molar-refractivity contribution is 5.92. The number of nitrogens with one attached hydrogen (secondary N) is 1.